The summed E-state index contributed by atoms with van der Waals surface area (Å²) in [6.45, 7) is 0. The van der Waals surface area contributed by atoms with Crippen molar-refractivity contribution in [1.82, 2.24) is 14.8 Å². The lowest BCUT2D eigenvalue weighted by molar-refractivity contribution is 0.355. The Bertz CT molecular complexity index is 955. The van der Waals surface area contributed by atoms with Gasteiger partial charge in [0.05, 0.1) is 24.9 Å². The lowest BCUT2D eigenvalue weighted by Crippen LogP contribution is -1.99. The number of halogens is 2. The molecule has 0 saturated heterocycles. The summed E-state index contributed by atoms with van der Waals surface area (Å²) in [7, 11) is 3.12. The van der Waals surface area contributed by atoms with Crippen LogP contribution in [-0.4, -0.2) is 29.0 Å². The summed E-state index contributed by atoms with van der Waals surface area (Å²) in [5.74, 6) is 1.21. The molecule has 2 aromatic carbocycles. The van der Waals surface area contributed by atoms with E-state index in [1.807, 2.05) is 6.07 Å². The predicted octanol–water partition coefficient (Wildman–Crippen LogP) is 4.41. The number of hydrogen-bond donors (Lipinski definition) is 1. The van der Waals surface area contributed by atoms with Crippen LogP contribution in [0.15, 0.2) is 36.4 Å². The van der Waals surface area contributed by atoms with Crippen LogP contribution in [0.3, 0.4) is 0 Å². The number of aromatic nitrogens is 3. The van der Waals surface area contributed by atoms with Crippen molar-refractivity contribution in [3.05, 3.63) is 52.0 Å². The van der Waals surface area contributed by atoms with E-state index in [0.717, 1.165) is 5.56 Å². The maximum atomic E-state index is 13.4. The molecule has 0 aliphatic carbocycles. The second-order valence-corrected chi connectivity index (χ2v) is 5.65. The first-order valence-electron chi connectivity index (χ1n) is 6.90. The minimum absolute atomic E-state index is 0.00821. The number of hydrogen-bond acceptors (Lipinski definition) is 4. The van der Waals surface area contributed by atoms with Crippen LogP contribution in [-0.2, 0) is 0 Å². The van der Waals surface area contributed by atoms with Crippen LogP contribution in [0.2, 0.25) is 5.02 Å². The summed E-state index contributed by atoms with van der Waals surface area (Å²) < 4.78 is 26.0. The lowest BCUT2D eigenvalue weighted by Gasteiger charge is -2.11. The van der Waals surface area contributed by atoms with Crippen molar-refractivity contribution in [1.29, 1.82) is 0 Å². The number of nitrogens with one attached hydrogen (secondary N) is 1. The standard InChI is InChI=1S/C16H13ClFN3O2S/c1-22-13-6-3-9(7-14(13)23-2)15-19-20-16(24)21(15)10-4-5-12(18)11(17)8-10/h3-8H,1-2H3,(H,20,24). The molecule has 24 heavy (non-hydrogen) atoms. The van der Waals surface area contributed by atoms with Crippen LogP contribution in [0.4, 0.5) is 4.39 Å². The van der Waals surface area contributed by atoms with Gasteiger partial charge in [-0.05, 0) is 48.6 Å². The highest BCUT2D eigenvalue weighted by molar-refractivity contribution is 7.71. The van der Waals surface area contributed by atoms with Gasteiger partial charge in [-0.25, -0.2) is 4.39 Å². The predicted molar refractivity (Wildman–Crippen MR) is 92.3 cm³/mol. The van der Waals surface area contributed by atoms with Gasteiger partial charge in [0.1, 0.15) is 5.82 Å². The van der Waals surface area contributed by atoms with E-state index in [9.17, 15) is 4.39 Å². The van der Waals surface area contributed by atoms with Crippen molar-refractivity contribution in [3.63, 3.8) is 0 Å². The smallest absolute Gasteiger partial charge is 0.200 e. The second kappa shape index (κ2) is 6.62. The van der Waals surface area contributed by atoms with Gasteiger partial charge in [-0.3, -0.25) is 9.67 Å². The molecule has 0 spiro atoms. The molecule has 1 aromatic heterocycles. The summed E-state index contributed by atoms with van der Waals surface area (Å²) >= 11 is 11.2. The molecule has 0 amide bonds. The SMILES string of the molecule is COc1ccc(-c2n[nH]c(=S)n2-c2ccc(F)c(Cl)c2)cc1OC. The maximum absolute atomic E-state index is 13.4. The number of nitrogens with zero attached hydrogens (tertiary/aromatic N) is 2. The zero-order valence-corrected chi connectivity index (χ0v) is 14.4. The molecule has 0 atom stereocenters. The van der Waals surface area contributed by atoms with Crippen molar-refractivity contribution < 1.29 is 13.9 Å². The highest BCUT2D eigenvalue weighted by atomic mass is 35.5. The minimum atomic E-state index is -0.497. The second-order valence-electron chi connectivity index (χ2n) is 4.86. The number of ether oxygens (including phenoxy) is 2. The molecule has 1 N–H and O–H groups in total. The van der Waals surface area contributed by atoms with Crippen LogP contribution in [0.25, 0.3) is 17.1 Å². The van der Waals surface area contributed by atoms with E-state index >= 15 is 0 Å². The van der Waals surface area contributed by atoms with Crippen LogP contribution in [0.5, 0.6) is 11.5 Å². The fraction of sp³-hybridized carbons (Fsp3) is 0.125. The molecule has 0 aliphatic rings. The number of rotatable bonds is 4. The van der Waals surface area contributed by atoms with E-state index in [1.165, 1.54) is 12.1 Å². The van der Waals surface area contributed by atoms with Crippen molar-refractivity contribution >= 4 is 23.8 Å². The molecule has 0 radical (unpaired) electrons. The fourth-order valence-electron chi connectivity index (χ4n) is 2.33. The van der Waals surface area contributed by atoms with Gasteiger partial charge in [-0.2, -0.15) is 5.10 Å². The molecule has 3 rings (SSSR count). The van der Waals surface area contributed by atoms with Gasteiger partial charge >= 0.3 is 0 Å². The Hall–Kier alpha value is -2.38. The van der Waals surface area contributed by atoms with Gasteiger partial charge < -0.3 is 9.47 Å². The number of H-pyrrole nitrogens is 1. The first kappa shape index (κ1) is 16.5. The van der Waals surface area contributed by atoms with Gasteiger partial charge in [0.15, 0.2) is 22.1 Å². The molecule has 0 aliphatic heterocycles. The van der Waals surface area contributed by atoms with Gasteiger partial charge in [0, 0.05) is 5.56 Å². The van der Waals surface area contributed by atoms with Gasteiger partial charge in [-0.1, -0.05) is 11.6 Å². The molecule has 1 heterocycles. The summed E-state index contributed by atoms with van der Waals surface area (Å²) in [5, 5.41) is 7.01. The highest BCUT2D eigenvalue weighted by Gasteiger charge is 2.14. The third kappa shape index (κ3) is 2.88. The van der Waals surface area contributed by atoms with Crippen LogP contribution < -0.4 is 9.47 Å². The molecule has 0 bridgehead atoms. The summed E-state index contributed by atoms with van der Waals surface area (Å²) in [5.41, 5.74) is 1.35. The molecule has 0 saturated carbocycles. The number of benzene rings is 2. The van der Waals surface area contributed by atoms with Crippen molar-refractivity contribution in [2.75, 3.05) is 14.2 Å². The Morgan fingerprint density at radius 2 is 1.88 bits per heavy atom. The van der Waals surface area contributed by atoms with Crippen LogP contribution >= 0.6 is 23.8 Å². The van der Waals surface area contributed by atoms with Crippen molar-refractivity contribution in [3.8, 4) is 28.6 Å². The molecule has 8 heteroatoms. The van der Waals surface area contributed by atoms with Crippen molar-refractivity contribution in [2.45, 2.75) is 0 Å². The molecular weight excluding hydrogens is 353 g/mol. The van der Waals surface area contributed by atoms with Gasteiger partial charge in [-0.15, -0.1) is 0 Å². The van der Waals surface area contributed by atoms with E-state index in [-0.39, 0.29) is 5.02 Å². The first-order valence-corrected chi connectivity index (χ1v) is 7.69. The minimum Gasteiger partial charge on any atom is -0.493 e. The van der Waals surface area contributed by atoms with Crippen LogP contribution in [0.1, 0.15) is 0 Å². The molecule has 0 unspecified atom stereocenters. The highest BCUT2D eigenvalue weighted by Crippen LogP contribution is 2.32. The maximum Gasteiger partial charge on any atom is 0.200 e. The average molecular weight is 366 g/mol. The van der Waals surface area contributed by atoms with E-state index in [2.05, 4.69) is 10.2 Å². The Kier molecular flexibility index (Phi) is 4.55. The molecule has 124 valence electrons. The third-order valence-electron chi connectivity index (χ3n) is 3.48. The monoisotopic (exact) mass is 365 g/mol. The Morgan fingerprint density at radius 3 is 2.54 bits per heavy atom. The zero-order chi connectivity index (χ0) is 17.3. The quantitative estimate of drug-likeness (QED) is 0.696. The average Bonchev–Trinajstić information content (AvgIpc) is 2.98. The molecule has 3 aromatic rings. The lowest BCUT2D eigenvalue weighted by atomic mass is 10.2. The van der Waals surface area contributed by atoms with Gasteiger partial charge in [0.2, 0.25) is 0 Å². The zero-order valence-electron chi connectivity index (χ0n) is 12.8. The van der Waals surface area contributed by atoms with Gasteiger partial charge in [0.25, 0.3) is 0 Å². The number of methoxy groups -OCH3 is 2. The van der Waals surface area contributed by atoms with E-state index in [4.69, 9.17) is 33.3 Å². The van der Waals surface area contributed by atoms with Crippen molar-refractivity contribution in [2.24, 2.45) is 0 Å². The largest absolute Gasteiger partial charge is 0.493 e. The Balaban J connectivity index is 2.17. The van der Waals surface area contributed by atoms with E-state index in [1.54, 1.807) is 37.0 Å². The normalized spacial score (nSPS) is 10.7. The molecular formula is C16H13ClFN3O2S. The summed E-state index contributed by atoms with van der Waals surface area (Å²) in [4.78, 5) is 0. The molecule has 5 nitrogen and oxygen atoms in total. The Labute approximate surface area is 147 Å². The van der Waals surface area contributed by atoms with Crippen LogP contribution in [0, 0.1) is 10.6 Å². The first-order chi connectivity index (χ1) is 11.5. The van der Waals surface area contributed by atoms with E-state index < -0.39 is 5.82 Å². The molecule has 0 fully saturated rings. The van der Waals surface area contributed by atoms with E-state index in [0.29, 0.717) is 27.8 Å². The summed E-state index contributed by atoms with van der Waals surface area (Å²) in [6, 6.07) is 9.74. The summed E-state index contributed by atoms with van der Waals surface area (Å²) in [6.07, 6.45) is 0. The third-order valence-corrected chi connectivity index (χ3v) is 4.04. The Morgan fingerprint density at radius 1 is 1.12 bits per heavy atom. The number of aromatic amines is 1. The topological polar surface area (TPSA) is 52.1 Å². The fourth-order valence-corrected chi connectivity index (χ4v) is 2.74.